The second kappa shape index (κ2) is 8.70. The summed E-state index contributed by atoms with van der Waals surface area (Å²) >= 11 is 7.26. The van der Waals surface area contributed by atoms with Crippen molar-refractivity contribution in [1.29, 1.82) is 0 Å². The summed E-state index contributed by atoms with van der Waals surface area (Å²) in [4.78, 5) is 63.2. The number of likely N-dealkylation sites (tertiary alicyclic amines) is 1. The van der Waals surface area contributed by atoms with E-state index in [-0.39, 0.29) is 39.1 Å². The first kappa shape index (κ1) is 23.1. The zero-order valence-corrected chi connectivity index (χ0v) is 20.6. The third-order valence-electron chi connectivity index (χ3n) is 6.67. The van der Waals surface area contributed by atoms with Crippen LogP contribution in [0.3, 0.4) is 0 Å². The maximum Gasteiger partial charge on any atom is 0.329 e. The van der Waals surface area contributed by atoms with Crippen LogP contribution < -0.4 is 5.32 Å². The summed E-state index contributed by atoms with van der Waals surface area (Å²) in [6, 6.07) is 5.19. The van der Waals surface area contributed by atoms with E-state index in [9.17, 15) is 24.0 Å². The summed E-state index contributed by atoms with van der Waals surface area (Å²) in [6.07, 6.45) is 0.804. The molecular formula is C22H22Br2N2O6. The van der Waals surface area contributed by atoms with Crippen molar-refractivity contribution in [3.05, 3.63) is 29.8 Å². The summed E-state index contributed by atoms with van der Waals surface area (Å²) in [6.45, 7) is 2.33. The van der Waals surface area contributed by atoms with Crippen LogP contribution in [0, 0.1) is 23.7 Å². The number of alkyl halides is 2. The van der Waals surface area contributed by atoms with Gasteiger partial charge in [0.15, 0.2) is 12.4 Å². The minimum absolute atomic E-state index is 0.0548. The molecule has 2 aliphatic carbocycles. The molecule has 4 rings (SSSR count). The van der Waals surface area contributed by atoms with Crippen LogP contribution >= 0.6 is 31.9 Å². The molecular weight excluding hydrogens is 548 g/mol. The molecule has 170 valence electrons. The summed E-state index contributed by atoms with van der Waals surface area (Å²) in [5.74, 6) is -2.87. The van der Waals surface area contributed by atoms with Gasteiger partial charge in [0, 0.05) is 20.9 Å². The van der Waals surface area contributed by atoms with Gasteiger partial charge in [0.1, 0.15) is 6.04 Å². The van der Waals surface area contributed by atoms with Gasteiger partial charge in [-0.15, -0.1) is 0 Å². The molecule has 3 aliphatic rings. The number of halogens is 2. The number of rotatable bonds is 6. The number of fused-ring (bicyclic) bond motifs is 5. The van der Waals surface area contributed by atoms with Gasteiger partial charge in [-0.25, -0.2) is 4.79 Å². The number of amides is 3. The molecule has 10 heteroatoms. The predicted molar refractivity (Wildman–Crippen MR) is 121 cm³/mol. The van der Waals surface area contributed by atoms with Gasteiger partial charge in [-0.1, -0.05) is 31.9 Å². The van der Waals surface area contributed by atoms with Crippen molar-refractivity contribution in [2.75, 3.05) is 11.9 Å². The Hall–Kier alpha value is -2.07. The average Bonchev–Trinajstić information content (AvgIpc) is 3.36. The van der Waals surface area contributed by atoms with Crippen molar-refractivity contribution >= 4 is 67.0 Å². The minimum atomic E-state index is -1.11. The molecule has 1 N–H and O–H groups in total. The molecule has 1 aromatic carbocycles. The van der Waals surface area contributed by atoms with Crippen LogP contribution in [0.4, 0.5) is 5.69 Å². The van der Waals surface area contributed by atoms with E-state index in [1.165, 1.54) is 13.8 Å². The van der Waals surface area contributed by atoms with Gasteiger partial charge in [0.05, 0.1) is 11.8 Å². The highest BCUT2D eigenvalue weighted by Gasteiger charge is 2.67. The molecule has 2 bridgehead atoms. The summed E-state index contributed by atoms with van der Waals surface area (Å²) in [7, 11) is 0. The van der Waals surface area contributed by atoms with Crippen LogP contribution in [0.5, 0.6) is 0 Å². The van der Waals surface area contributed by atoms with Gasteiger partial charge in [0.25, 0.3) is 5.91 Å². The van der Waals surface area contributed by atoms with E-state index in [4.69, 9.17) is 4.74 Å². The number of hydrogen-bond acceptors (Lipinski definition) is 6. The number of hydrogen-bond donors (Lipinski definition) is 1. The highest BCUT2D eigenvalue weighted by Crippen LogP contribution is 2.60. The van der Waals surface area contributed by atoms with Crippen molar-refractivity contribution in [2.45, 2.75) is 36.0 Å². The van der Waals surface area contributed by atoms with Crippen LogP contribution in [-0.4, -0.2) is 56.7 Å². The second-order valence-electron chi connectivity index (χ2n) is 8.52. The molecule has 0 aromatic heterocycles. The van der Waals surface area contributed by atoms with E-state index in [0.717, 1.165) is 11.3 Å². The van der Waals surface area contributed by atoms with Crippen LogP contribution in [0.2, 0.25) is 0 Å². The number of carbonyl (C=O) groups is 5. The Kier molecular flexibility index (Phi) is 6.28. The molecule has 1 aromatic rings. The van der Waals surface area contributed by atoms with Crippen LogP contribution in [0.1, 0.15) is 30.6 Å². The zero-order chi connectivity index (χ0) is 23.3. The largest absolute Gasteiger partial charge is 0.454 e. The molecule has 1 heterocycles. The lowest BCUT2D eigenvalue weighted by molar-refractivity contribution is -0.159. The number of ether oxygens (including phenoxy) is 1. The molecule has 1 aliphatic heterocycles. The lowest BCUT2D eigenvalue weighted by atomic mass is 9.81. The normalized spacial score (nSPS) is 31.4. The number of esters is 1. The van der Waals surface area contributed by atoms with Crippen LogP contribution in [0.25, 0.3) is 0 Å². The standard InChI is InChI=1S/C22H22Br2N2O6/c1-9(22(31)32-8-15(28)25-12-5-3-11(4-6-12)10(2)27)26-20(29)16-13-7-14(17(16)21(26)30)19(24)18(13)23/h3-6,9,13-14,16-19H,7-8H2,1-2H3,(H,25,28)/t9-,13+,14+,16-,17+,18-,19-/m0/s1. The summed E-state index contributed by atoms with van der Waals surface area (Å²) in [5.41, 5.74) is 0.963. The molecule has 32 heavy (non-hydrogen) atoms. The quantitative estimate of drug-likeness (QED) is 0.244. The Morgan fingerprint density at radius 2 is 1.59 bits per heavy atom. The first-order chi connectivity index (χ1) is 15.1. The van der Waals surface area contributed by atoms with Gasteiger partial charge >= 0.3 is 5.97 Å². The number of carbonyl (C=O) groups excluding carboxylic acids is 5. The molecule has 7 atom stereocenters. The van der Waals surface area contributed by atoms with Crippen LogP contribution in [-0.2, 0) is 23.9 Å². The van der Waals surface area contributed by atoms with Crippen LogP contribution in [0.15, 0.2) is 24.3 Å². The third-order valence-corrected chi connectivity index (χ3v) is 9.88. The molecule has 0 radical (unpaired) electrons. The van der Waals surface area contributed by atoms with Crippen molar-refractivity contribution in [2.24, 2.45) is 23.7 Å². The monoisotopic (exact) mass is 568 g/mol. The fraction of sp³-hybridized carbons (Fsp3) is 0.500. The van der Waals surface area contributed by atoms with Crippen molar-refractivity contribution in [1.82, 2.24) is 4.90 Å². The first-order valence-electron chi connectivity index (χ1n) is 10.3. The number of nitrogens with one attached hydrogen (secondary N) is 1. The number of imide groups is 1. The Bertz CT molecular complexity index is 965. The smallest absolute Gasteiger partial charge is 0.329 e. The molecule has 1 saturated heterocycles. The summed E-state index contributed by atoms with van der Waals surface area (Å²) < 4.78 is 5.07. The fourth-order valence-electron chi connectivity index (χ4n) is 5.10. The maximum absolute atomic E-state index is 13.0. The third kappa shape index (κ3) is 3.81. The number of Topliss-reactive ketones (excluding diaryl/α,β-unsaturated/α-hetero) is 1. The first-order valence-corrected chi connectivity index (χ1v) is 12.2. The van der Waals surface area contributed by atoms with E-state index >= 15 is 0 Å². The van der Waals surface area contributed by atoms with Crippen molar-refractivity contribution in [3.63, 3.8) is 0 Å². The fourth-order valence-corrected chi connectivity index (χ4v) is 6.98. The van der Waals surface area contributed by atoms with Gasteiger partial charge in [-0.2, -0.15) is 0 Å². The minimum Gasteiger partial charge on any atom is -0.454 e. The van der Waals surface area contributed by atoms with Crippen molar-refractivity contribution < 1.29 is 28.7 Å². The van der Waals surface area contributed by atoms with E-state index in [0.29, 0.717) is 11.3 Å². The van der Waals surface area contributed by atoms with E-state index < -0.39 is 36.4 Å². The predicted octanol–water partition coefficient (Wildman–Crippen LogP) is 2.54. The molecule has 3 fully saturated rings. The van der Waals surface area contributed by atoms with E-state index in [1.54, 1.807) is 24.3 Å². The Morgan fingerprint density at radius 1 is 1.06 bits per heavy atom. The molecule has 8 nitrogen and oxygen atoms in total. The number of ketones is 1. The Balaban J connectivity index is 1.34. The second-order valence-corrected chi connectivity index (χ2v) is 10.6. The molecule has 0 spiro atoms. The zero-order valence-electron chi connectivity index (χ0n) is 17.4. The number of anilines is 1. The van der Waals surface area contributed by atoms with Crippen molar-refractivity contribution in [3.8, 4) is 0 Å². The molecule has 0 unspecified atom stereocenters. The van der Waals surface area contributed by atoms with Gasteiger partial charge in [-0.05, 0) is 56.4 Å². The highest BCUT2D eigenvalue weighted by molar-refractivity contribution is 9.12. The highest BCUT2D eigenvalue weighted by atomic mass is 79.9. The summed E-state index contributed by atoms with van der Waals surface area (Å²) in [5, 5.41) is 2.57. The van der Waals surface area contributed by atoms with Gasteiger partial charge < -0.3 is 10.1 Å². The average molecular weight is 570 g/mol. The molecule has 2 saturated carbocycles. The maximum atomic E-state index is 13.0. The Morgan fingerprint density at radius 3 is 2.09 bits per heavy atom. The lowest BCUT2D eigenvalue weighted by Crippen LogP contribution is -2.45. The number of benzene rings is 1. The number of nitrogens with zero attached hydrogens (tertiary/aromatic N) is 1. The molecule has 3 amide bonds. The topological polar surface area (TPSA) is 110 Å². The Labute approximate surface area is 201 Å². The SMILES string of the molecule is CC(=O)c1ccc(NC(=O)COC(=O)[C@H](C)N2C(=O)[C@@H]3[C@H]4C[C@@H]([C@H](Br)[C@H]4Br)[C@@H]3C2=O)cc1. The van der Waals surface area contributed by atoms with Gasteiger partial charge in [0.2, 0.25) is 11.8 Å². The van der Waals surface area contributed by atoms with E-state index in [2.05, 4.69) is 37.2 Å². The van der Waals surface area contributed by atoms with E-state index in [1.807, 2.05) is 0 Å². The van der Waals surface area contributed by atoms with Gasteiger partial charge in [-0.3, -0.25) is 24.1 Å². The lowest BCUT2D eigenvalue weighted by Gasteiger charge is -2.28.